The largest absolute Gasteiger partial charge is 0.480 e. The number of fused-ring (bicyclic) bond motifs is 1. The van der Waals surface area contributed by atoms with E-state index in [1.54, 1.807) is 55.5 Å². The predicted molar refractivity (Wildman–Crippen MR) is 88.4 cm³/mol. The number of carbonyl (C=O) groups is 3. The van der Waals surface area contributed by atoms with Gasteiger partial charge in [-0.1, -0.05) is 23.7 Å². The van der Waals surface area contributed by atoms with Crippen LogP contribution in [0.3, 0.4) is 0 Å². The van der Waals surface area contributed by atoms with Crippen molar-refractivity contribution in [2.24, 2.45) is 0 Å². The summed E-state index contributed by atoms with van der Waals surface area (Å²) in [5, 5.41) is 0.504. The minimum Gasteiger partial charge on any atom is -0.480 e. The van der Waals surface area contributed by atoms with Crippen LogP contribution in [-0.2, 0) is 4.79 Å². The monoisotopic (exact) mass is 343 g/mol. The molecule has 2 aromatic carbocycles. The number of imide groups is 1. The number of nitrogens with zero attached hydrogens (tertiary/aromatic N) is 1. The molecule has 0 spiro atoms. The summed E-state index contributed by atoms with van der Waals surface area (Å²) >= 11 is 5.81. The van der Waals surface area contributed by atoms with Gasteiger partial charge in [0.25, 0.3) is 11.8 Å². The Morgan fingerprint density at radius 3 is 2.50 bits per heavy atom. The normalized spacial score (nSPS) is 17.1. The number of benzene rings is 2. The van der Waals surface area contributed by atoms with Crippen LogP contribution in [0.25, 0.3) is 0 Å². The smallest absolute Gasteiger partial charge is 0.270 e. The van der Waals surface area contributed by atoms with Gasteiger partial charge in [-0.2, -0.15) is 0 Å². The molecule has 1 aliphatic rings. The van der Waals surface area contributed by atoms with E-state index in [2.05, 4.69) is 0 Å². The Morgan fingerprint density at radius 2 is 1.79 bits per heavy atom. The second-order valence-electron chi connectivity index (χ2n) is 5.42. The lowest BCUT2D eigenvalue weighted by Gasteiger charge is -2.19. The molecule has 0 radical (unpaired) electrons. The molecule has 0 saturated heterocycles. The van der Waals surface area contributed by atoms with E-state index >= 15 is 0 Å². The number of rotatable bonds is 3. The molecule has 0 bridgehead atoms. The van der Waals surface area contributed by atoms with Crippen LogP contribution < -0.4 is 4.74 Å². The Hall–Kier alpha value is -2.66. The highest BCUT2D eigenvalue weighted by Crippen LogP contribution is 2.25. The van der Waals surface area contributed by atoms with Crippen molar-refractivity contribution in [2.45, 2.75) is 13.0 Å². The topological polar surface area (TPSA) is 63.7 Å². The van der Waals surface area contributed by atoms with E-state index < -0.39 is 17.9 Å². The highest BCUT2D eigenvalue weighted by atomic mass is 35.5. The van der Waals surface area contributed by atoms with Crippen LogP contribution in [0.15, 0.2) is 48.5 Å². The SMILES string of the molecule is C[C@@H]1Oc2ccccc2C(=O)N(CC(=O)c2ccc(Cl)cc2)C1=O. The summed E-state index contributed by atoms with van der Waals surface area (Å²) in [6.07, 6.45) is -0.851. The number of carbonyl (C=O) groups excluding carboxylic acids is 3. The zero-order chi connectivity index (χ0) is 17.3. The van der Waals surface area contributed by atoms with Gasteiger partial charge >= 0.3 is 0 Å². The fourth-order valence-corrected chi connectivity index (χ4v) is 2.60. The Bertz CT molecular complexity index is 816. The molecule has 6 heteroatoms. The van der Waals surface area contributed by atoms with E-state index in [0.29, 0.717) is 16.3 Å². The van der Waals surface area contributed by atoms with Gasteiger partial charge in [0.05, 0.1) is 12.1 Å². The minimum atomic E-state index is -0.851. The number of ether oxygens (including phenoxy) is 1. The maximum atomic E-state index is 12.7. The van der Waals surface area contributed by atoms with Crippen LogP contribution >= 0.6 is 11.6 Å². The van der Waals surface area contributed by atoms with Crippen molar-refractivity contribution in [1.29, 1.82) is 0 Å². The third kappa shape index (κ3) is 3.03. The summed E-state index contributed by atoms with van der Waals surface area (Å²) < 4.78 is 5.53. The molecule has 1 aliphatic heterocycles. The standard InChI is InChI=1S/C18H14ClNO4/c1-11-17(22)20(10-15(21)12-6-8-13(19)9-7-12)18(23)14-4-2-3-5-16(14)24-11/h2-9,11H,10H2,1H3/t11-/m0/s1. The predicted octanol–water partition coefficient (Wildman–Crippen LogP) is 2.97. The van der Waals surface area contributed by atoms with Gasteiger partial charge in [0.2, 0.25) is 0 Å². The summed E-state index contributed by atoms with van der Waals surface area (Å²) in [4.78, 5) is 38.5. The minimum absolute atomic E-state index is 0.263. The summed E-state index contributed by atoms with van der Waals surface area (Å²) in [7, 11) is 0. The number of halogens is 1. The van der Waals surface area contributed by atoms with Gasteiger partial charge < -0.3 is 4.74 Å². The van der Waals surface area contributed by atoms with Crippen molar-refractivity contribution < 1.29 is 19.1 Å². The summed E-state index contributed by atoms with van der Waals surface area (Å²) in [6.45, 7) is 1.21. The number of ketones is 1. The number of hydrogen-bond acceptors (Lipinski definition) is 4. The maximum absolute atomic E-state index is 12.7. The van der Waals surface area contributed by atoms with Gasteiger partial charge in [0.15, 0.2) is 11.9 Å². The van der Waals surface area contributed by atoms with Crippen LogP contribution in [0.2, 0.25) is 5.02 Å². The Morgan fingerprint density at radius 1 is 1.12 bits per heavy atom. The first-order valence-corrected chi connectivity index (χ1v) is 7.75. The Balaban J connectivity index is 1.91. The van der Waals surface area contributed by atoms with Crippen LogP contribution in [0.5, 0.6) is 5.75 Å². The summed E-state index contributed by atoms with van der Waals surface area (Å²) in [6, 6.07) is 12.9. The highest BCUT2D eigenvalue weighted by molar-refractivity contribution is 6.30. The van der Waals surface area contributed by atoms with E-state index in [1.807, 2.05) is 0 Å². The van der Waals surface area contributed by atoms with Crippen LogP contribution in [-0.4, -0.2) is 35.1 Å². The van der Waals surface area contributed by atoms with Gasteiger partial charge in [-0.15, -0.1) is 0 Å². The molecule has 1 heterocycles. The number of para-hydroxylation sites is 1. The Labute approximate surface area is 143 Å². The van der Waals surface area contributed by atoms with Gasteiger partial charge in [0.1, 0.15) is 5.75 Å². The molecular formula is C18H14ClNO4. The molecule has 24 heavy (non-hydrogen) atoms. The van der Waals surface area contributed by atoms with Crippen molar-refractivity contribution >= 4 is 29.2 Å². The van der Waals surface area contributed by atoms with Gasteiger partial charge in [-0.25, -0.2) is 0 Å². The average Bonchev–Trinajstić information content (AvgIpc) is 2.66. The molecule has 2 aromatic rings. The first-order chi connectivity index (χ1) is 11.5. The van der Waals surface area contributed by atoms with Crippen LogP contribution in [0.1, 0.15) is 27.6 Å². The molecule has 0 aromatic heterocycles. The molecule has 0 saturated carbocycles. The second kappa shape index (κ2) is 6.45. The van der Waals surface area contributed by atoms with E-state index in [9.17, 15) is 14.4 Å². The molecule has 1 atom stereocenters. The molecule has 122 valence electrons. The van der Waals surface area contributed by atoms with Crippen LogP contribution in [0, 0.1) is 0 Å². The van der Waals surface area contributed by atoms with E-state index in [0.717, 1.165) is 4.90 Å². The molecule has 2 amide bonds. The number of amides is 2. The zero-order valence-electron chi connectivity index (χ0n) is 12.9. The van der Waals surface area contributed by atoms with Gasteiger partial charge in [0, 0.05) is 10.6 Å². The van der Waals surface area contributed by atoms with Gasteiger partial charge in [-0.05, 0) is 43.3 Å². The molecule has 0 unspecified atom stereocenters. The fourth-order valence-electron chi connectivity index (χ4n) is 2.47. The average molecular weight is 344 g/mol. The Kier molecular flexibility index (Phi) is 4.36. The van der Waals surface area contributed by atoms with E-state index in [-0.39, 0.29) is 17.9 Å². The van der Waals surface area contributed by atoms with Gasteiger partial charge in [-0.3, -0.25) is 19.3 Å². The second-order valence-corrected chi connectivity index (χ2v) is 5.85. The maximum Gasteiger partial charge on any atom is 0.270 e. The van der Waals surface area contributed by atoms with Crippen molar-refractivity contribution in [2.75, 3.05) is 6.54 Å². The lowest BCUT2D eigenvalue weighted by Crippen LogP contribution is -2.44. The summed E-state index contributed by atoms with van der Waals surface area (Å²) in [5.74, 6) is -1.09. The third-order valence-corrected chi connectivity index (χ3v) is 4.00. The van der Waals surface area contributed by atoms with E-state index in [1.165, 1.54) is 0 Å². The van der Waals surface area contributed by atoms with Crippen molar-refractivity contribution in [3.05, 3.63) is 64.7 Å². The first-order valence-electron chi connectivity index (χ1n) is 7.37. The van der Waals surface area contributed by atoms with Crippen molar-refractivity contribution in [3.8, 4) is 5.75 Å². The van der Waals surface area contributed by atoms with Crippen molar-refractivity contribution in [3.63, 3.8) is 0 Å². The molecule has 5 nitrogen and oxygen atoms in total. The molecular weight excluding hydrogens is 330 g/mol. The third-order valence-electron chi connectivity index (χ3n) is 3.75. The fraction of sp³-hybridized carbons (Fsp3) is 0.167. The van der Waals surface area contributed by atoms with Crippen molar-refractivity contribution in [1.82, 2.24) is 4.90 Å². The molecule has 0 aliphatic carbocycles. The number of Topliss-reactive ketones (excluding diaryl/α,β-unsaturated/α-hetero) is 1. The number of hydrogen-bond donors (Lipinski definition) is 0. The highest BCUT2D eigenvalue weighted by Gasteiger charge is 2.35. The van der Waals surface area contributed by atoms with E-state index in [4.69, 9.17) is 16.3 Å². The first kappa shape index (κ1) is 16.2. The molecule has 3 rings (SSSR count). The molecule has 0 N–H and O–H groups in total. The lowest BCUT2D eigenvalue weighted by molar-refractivity contribution is -0.134. The quantitative estimate of drug-likeness (QED) is 0.635. The van der Waals surface area contributed by atoms with Crippen LogP contribution in [0.4, 0.5) is 0 Å². The zero-order valence-corrected chi connectivity index (χ0v) is 13.6. The molecule has 0 fully saturated rings. The summed E-state index contributed by atoms with van der Waals surface area (Å²) in [5.41, 5.74) is 0.644. The lowest BCUT2D eigenvalue weighted by atomic mass is 10.1.